The van der Waals surface area contributed by atoms with Gasteiger partial charge in [-0.05, 0) is 79.0 Å². The normalized spacial score (nSPS) is 15.8. The monoisotopic (exact) mass is 578 g/mol. The second kappa shape index (κ2) is 13.1. The Hall–Kier alpha value is -4.03. The number of rotatable bonds is 12. The Balaban J connectivity index is 1.12. The third-order valence-corrected chi connectivity index (χ3v) is 8.44. The van der Waals surface area contributed by atoms with E-state index in [1.165, 1.54) is 12.1 Å². The van der Waals surface area contributed by atoms with Gasteiger partial charge >= 0.3 is 5.97 Å². The van der Waals surface area contributed by atoms with Crippen LogP contribution in [-0.4, -0.2) is 67.4 Å². The zero-order valence-electron chi connectivity index (χ0n) is 22.7. The summed E-state index contributed by atoms with van der Waals surface area (Å²) in [4.78, 5) is 44.8. The molecule has 2 fully saturated rings. The highest BCUT2D eigenvalue weighted by Crippen LogP contribution is 2.30. The summed E-state index contributed by atoms with van der Waals surface area (Å²) in [5.41, 5.74) is 1.60. The number of piperidine rings is 1. The van der Waals surface area contributed by atoms with Crippen LogP contribution in [0.3, 0.4) is 0 Å². The van der Waals surface area contributed by atoms with Crippen LogP contribution in [-0.2, 0) is 19.7 Å². The molecule has 216 valence electrons. The lowest BCUT2D eigenvalue weighted by Gasteiger charge is -2.34. The van der Waals surface area contributed by atoms with Gasteiger partial charge in [-0.1, -0.05) is 18.2 Å². The van der Waals surface area contributed by atoms with Crippen LogP contribution in [0, 0.1) is 5.92 Å². The van der Waals surface area contributed by atoms with Crippen molar-refractivity contribution in [2.45, 2.75) is 43.0 Å². The molecule has 0 atom stereocenters. The number of nitrogens with zero attached hydrogens (tertiary/aromatic N) is 4. The first-order valence-electron chi connectivity index (χ1n) is 13.8. The summed E-state index contributed by atoms with van der Waals surface area (Å²) < 4.78 is 24.6. The van der Waals surface area contributed by atoms with Gasteiger partial charge in [-0.3, -0.25) is 9.59 Å². The van der Waals surface area contributed by atoms with E-state index in [1.807, 2.05) is 29.2 Å². The minimum atomic E-state index is -3.98. The van der Waals surface area contributed by atoms with Crippen molar-refractivity contribution in [3.05, 3.63) is 78.6 Å². The standard InChI is InChI=1S/C29H34N6O5S/c36-27(40-33-41(38,39)26-5-2-1-3-6-26)15-20-35(21-22-7-8-22)28(37)23-9-11-25(12-10-23)34-18-13-24(14-19-34)32-29-30-16-4-17-31-29/h1-6,9-12,16-17,22,24,33H,7-8,13-15,18-21H2,(H,30,31,32). The number of carbonyl (C=O) groups excluding carboxylic acids is 2. The van der Waals surface area contributed by atoms with Crippen molar-refractivity contribution < 1.29 is 22.8 Å². The quantitative estimate of drug-likeness (QED) is 0.311. The van der Waals surface area contributed by atoms with Gasteiger partial charge in [0.1, 0.15) is 0 Å². The number of hydrogen-bond acceptors (Lipinski definition) is 9. The molecule has 5 rings (SSSR count). The summed E-state index contributed by atoms with van der Waals surface area (Å²) in [5.74, 6) is 0.144. The Labute approximate surface area is 239 Å². The molecule has 0 unspecified atom stereocenters. The number of anilines is 2. The summed E-state index contributed by atoms with van der Waals surface area (Å²) in [5, 5.41) is 3.39. The van der Waals surface area contributed by atoms with E-state index in [1.54, 1.807) is 41.6 Å². The molecule has 2 N–H and O–H groups in total. The van der Waals surface area contributed by atoms with E-state index in [9.17, 15) is 18.0 Å². The highest BCUT2D eigenvalue weighted by atomic mass is 32.2. The maximum absolute atomic E-state index is 13.4. The molecule has 0 radical (unpaired) electrons. The van der Waals surface area contributed by atoms with Crippen LogP contribution in [0.2, 0.25) is 0 Å². The van der Waals surface area contributed by atoms with Crippen molar-refractivity contribution >= 4 is 33.5 Å². The molecule has 0 bridgehead atoms. The van der Waals surface area contributed by atoms with Gasteiger partial charge in [0.2, 0.25) is 5.95 Å². The second-order valence-electron chi connectivity index (χ2n) is 10.3. The summed E-state index contributed by atoms with van der Waals surface area (Å²) in [6.07, 6.45) is 7.31. The fraction of sp³-hybridized carbons (Fsp3) is 0.379. The van der Waals surface area contributed by atoms with Crippen LogP contribution < -0.4 is 15.1 Å². The first-order valence-corrected chi connectivity index (χ1v) is 15.3. The number of hydrogen-bond donors (Lipinski definition) is 2. The summed E-state index contributed by atoms with van der Waals surface area (Å²) >= 11 is 0. The van der Waals surface area contributed by atoms with Crippen LogP contribution >= 0.6 is 0 Å². The lowest BCUT2D eigenvalue weighted by Crippen LogP contribution is -2.39. The van der Waals surface area contributed by atoms with Gasteiger partial charge in [0.15, 0.2) is 0 Å². The van der Waals surface area contributed by atoms with E-state index in [0.29, 0.717) is 30.0 Å². The summed E-state index contributed by atoms with van der Waals surface area (Å²) in [7, 11) is -3.98. The average molecular weight is 579 g/mol. The fourth-order valence-corrected chi connectivity index (χ4v) is 5.56. The predicted octanol–water partition coefficient (Wildman–Crippen LogP) is 3.24. The molecule has 2 heterocycles. The minimum Gasteiger partial charge on any atom is -0.371 e. The van der Waals surface area contributed by atoms with Crippen LogP contribution in [0.1, 0.15) is 42.5 Å². The summed E-state index contributed by atoms with van der Waals surface area (Å²) in [6.45, 7) is 2.44. The zero-order chi connectivity index (χ0) is 28.7. The number of carbonyl (C=O) groups is 2. The van der Waals surface area contributed by atoms with E-state index in [4.69, 9.17) is 4.84 Å². The topological polar surface area (TPSA) is 134 Å². The van der Waals surface area contributed by atoms with Crippen LogP contribution in [0.25, 0.3) is 0 Å². The number of nitrogens with one attached hydrogen (secondary N) is 2. The predicted molar refractivity (Wildman–Crippen MR) is 153 cm³/mol. The van der Waals surface area contributed by atoms with Gasteiger partial charge in [0.25, 0.3) is 15.9 Å². The van der Waals surface area contributed by atoms with Crippen molar-refractivity contribution in [3.63, 3.8) is 0 Å². The van der Waals surface area contributed by atoms with Gasteiger partial charge in [0, 0.05) is 55.9 Å². The Kier molecular flexibility index (Phi) is 9.10. The summed E-state index contributed by atoms with van der Waals surface area (Å²) in [6, 6.07) is 17.3. The number of aromatic nitrogens is 2. The zero-order valence-corrected chi connectivity index (χ0v) is 23.5. The SMILES string of the molecule is O=C(CCN(CC1CC1)C(=O)c1ccc(N2CCC(Nc3ncccn3)CC2)cc1)ONS(=O)(=O)c1ccccc1. The molecule has 1 aliphatic carbocycles. The first-order chi connectivity index (χ1) is 19.9. The number of sulfonamides is 1. The molecule has 41 heavy (non-hydrogen) atoms. The van der Waals surface area contributed by atoms with Crippen molar-refractivity contribution in [1.82, 2.24) is 19.8 Å². The average Bonchev–Trinajstić information content (AvgIpc) is 3.84. The smallest absolute Gasteiger partial charge is 0.327 e. The third kappa shape index (κ3) is 8.01. The Morgan fingerprint density at radius 1 is 0.927 bits per heavy atom. The van der Waals surface area contributed by atoms with Crippen molar-refractivity contribution in [1.29, 1.82) is 0 Å². The Bertz CT molecular complexity index is 1410. The van der Waals surface area contributed by atoms with E-state index in [2.05, 4.69) is 20.2 Å². The largest absolute Gasteiger partial charge is 0.371 e. The lowest BCUT2D eigenvalue weighted by molar-refractivity contribution is -0.147. The molecule has 3 aromatic rings. The van der Waals surface area contributed by atoms with Gasteiger partial charge in [-0.2, -0.15) is 0 Å². The van der Waals surface area contributed by atoms with Crippen molar-refractivity contribution in [2.75, 3.05) is 36.4 Å². The van der Waals surface area contributed by atoms with E-state index in [-0.39, 0.29) is 23.8 Å². The molecule has 11 nitrogen and oxygen atoms in total. The highest BCUT2D eigenvalue weighted by Gasteiger charge is 2.28. The molecular formula is C29H34N6O5S. The number of amides is 1. The van der Waals surface area contributed by atoms with Crippen LogP contribution in [0.15, 0.2) is 78.0 Å². The highest BCUT2D eigenvalue weighted by molar-refractivity contribution is 7.89. The van der Waals surface area contributed by atoms with Crippen molar-refractivity contribution in [3.8, 4) is 0 Å². The van der Waals surface area contributed by atoms with Gasteiger partial charge < -0.3 is 20.0 Å². The Morgan fingerprint density at radius 2 is 1.61 bits per heavy atom. The minimum absolute atomic E-state index is 0.00962. The van der Waals surface area contributed by atoms with Crippen LogP contribution in [0.5, 0.6) is 0 Å². The first kappa shape index (κ1) is 28.5. The lowest BCUT2D eigenvalue weighted by atomic mass is 10.0. The third-order valence-electron chi connectivity index (χ3n) is 7.24. The van der Waals surface area contributed by atoms with Gasteiger partial charge in [-0.25, -0.2) is 18.4 Å². The number of benzene rings is 2. The molecule has 12 heteroatoms. The molecule has 1 aromatic heterocycles. The van der Waals surface area contributed by atoms with E-state index >= 15 is 0 Å². The Morgan fingerprint density at radius 3 is 2.27 bits per heavy atom. The molecular weight excluding hydrogens is 544 g/mol. The van der Waals surface area contributed by atoms with Crippen LogP contribution in [0.4, 0.5) is 11.6 Å². The molecule has 1 amide bonds. The molecule has 2 aliphatic rings. The van der Waals surface area contributed by atoms with E-state index < -0.39 is 16.0 Å². The molecule has 2 aromatic carbocycles. The fourth-order valence-electron chi connectivity index (χ4n) is 4.75. The van der Waals surface area contributed by atoms with Gasteiger partial charge in [0.05, 0.1) is 11.3 Å². The van der Waals surface area contributed by atoms with Gasteiger partial charge in [-0.15, -0.1) is 0 Å². The maximum atomic E-state index is 13.4. The maximum Gasteiger partial charge on any atom is 0.327 e. The second-order valence-corrected chi connectivity index (χ2v) is 12.0. The van der Waals surface area contributed by atoms with E-state index in [0.717, 1.165) is 44.5 Å². The molecule has 1 saturated heterocycles. The molecule has 1 aliphatic heterocycles. The molecule has 1 saturated carbocycles. The molecule has 0 spiro atoms. The van der Waals surface area contributed by atoms with Crippen molar-refractivity contribution in [2.24, 2.45) is 5.92 Å².